The van der Waals surface area contributed by atoms with Crippen molar-refractivity contribution in [3.63, 3.8) is 0 Å². The summed E-state index contributed by atoms with van der Waals surface area (Å²) in [6, 6.07) is 11.6. The van der Waals surface area contributed by atoms with Crippen molar-refractivity contribution in [1.29, 1.82) is 5.26 Å². The summed E-state index contributed by atoms with van der Waals surface area (Å²) >= 11 is 0. The van der Waals surface area contributed by atoms with E-state index in [9.17, 15) is 0 Å². The van der Waals surface area contributed by atoms with Crippen molar-refractivity contribution in [2.75, 3.05) is 6.61 Å². The maximum atomic E-state index is 8.95. The van der Waals surface area contributed by atoms with Gasteiger partial charge in [0.1, 0.15) is 23.0 Å². The molecule has 0 fully saturated rings. The molecule has 110 valence electrons. The molecule has 0 amide bonds. The first-order valence-corrected chi connectivity index (χ1v) is 7.78. The molecule has 21 heavy (non-hydrogen) atoms. The summed E-state index contributed by atoms with van der Waals surface area (Å²) in [5.41, 5.74) is 1.21. The van der Waals surface area contributed by atoms with Gasteiger partial charge in [-0.05, 0) is 24.6 Å². The average molecular weight is 282 g/mol. The van der Waals surface area contributed by atoms with Crippen LogP contribution in [0.15, 0.2) is 30.3 Å². The van der Waals surface area contributed by atoms with Gasteiger partial charge in [-0.15, -0.1) is 0 Å². The Kier molecular flexibility index (Phi) is 6.02. The zero-order valence-electron chi connectivity index (χ0n) is 12.6. The van der Waals surface area contributed by atoms with E-state index in [1.54, 1.807) is 6.07 Å². The Bertz CT molecular complexity index is 616. The van der Waals surface area contributed by atoms with Gasteiger partial charge in [-0.25, -0.2) is 4.98 Å². The van der Waals surface area contributed by atoms with Crippen LogP contribution in [-0.4, -0.2) is 11.6 Å². The van der Waals surface area contributed by atoms with Gasteiger partial charge < -0.3 is 4.74 Å². The quantitative estimate of drug-likeness (QED) is 0.650. The zero-order chi connectivity index (χ0) is 14.9. The van der Waals surface area contributed by atoms with Gasteiger partial charge in [-0.3, -0.25) is 0 Å². The van der Waals surface area contributed by atoms with Crippen molar-refractivity contribution in [1.82, 2.24) is 4.98 Å². The Morgan fingerprint density at radius 2 is 1.86 bits per heavy atom. The fourth-order valence-electron chi connectivity index (χ4n) is 2.36. The van der Waals surface area contributed by atoms with Gasteiger partial charge in [0.2, 0.25) is 0 Å². The second-order valence-electron chi connectivity index (χ2n) is 5.25. The minimum Gasteiger partial charge on any atom is -0.491 e. The lowest BCUT2D eigenvalue weighted by atomic mass is 10.1. The van der Waals surface area contributed by atoms with Crippen LogP contribution in [0.4, 0.5) is 0 Å². The number of hydrogen-bond acceptors (Lipinski definition) is 3. The van der Waals surface area contributed by atoms with Crippen LogP contribution in [0.1, 0.15) is 51.1 Å². The Hall–Kier alpha value is -2.08. The first kappa shape index (κ1) is 15.3. The van der Waals surface area contributed by atoms with E-state index >= 15 is 0 Å². The second kappa shape index (κ2) is 8.26. The largest absolute Gasteiger partial charge is 0.491 e. The molecular formula is C18H22N2O. The summed E-state index contributed by atoms with van der Waals surface area (Å²) in [6.07, 6.45) is 7.48. The molecule has 0 bridgehead atoms. The number of nitrogens with zero attached hydrogens (tertiary/aromatic N) is 2. The number of aromatic nitrogens is 1. The third-order valence-electron chi connectivity index (χ3n) is 3.55. The molecular weight excluding hydrogens is 260 g/mol. The van der Waals surface area contributed by atoms with Crippen molar-refractivity contribution in [3.8, 4) is 11.8 Å². The number of hydrogen-bond donors (Lipinski definition) is 0. The van der Waals surface area contributed by atoms with E-state index in [4.69, 9.17) is 10.00 Å². The summed E-state index contributed by atoms with van der Waals surface area (Å²) < 4.78 is 5.85. The van der Waals surface area contributed by atoms with Gasteiger partial charge in [0.05, 0.1) is 6.61 Å². The molecule has 0 aliphatic heterocycles. The first-order chi connectivity index (χ1) is 10.3. The third kappa shape index (κ3) is 4.46. The number of benzene rings is 1. The third-order valence-corrected chi connectivity index (χ3v) is 3.55. The molecule has 3 nitrogen and oxygen atoms in total. The molecule has 0 saturated carbocycles. The highest BCUT2D eigenvalue weighted by atomic mass is 16.5. The number of ether oxygens (including phenoxy) is 1. The number of unbranched alkanes of at least 4 members (excludes halogenated alkanes) is 5. The Labute approximate surface area is 126 Å². The van der Waals surface area contributed by atoms with Crippen LogP contribution >= 0.6 is 0 Å². The highest BCUT2D eigenvalue weighted by Crippen LogP contribution is 2.24. The predicted octanol–water partition coefficient (Wildman–Crippen LogP) is 4.85. The number of fused-ring (bicyclic) bond motifs is 1. The van der Waals surface area contributed by atoms with Crippen LogP contribution in [0.3, 0.4) is 0 Å². The lowest BCUT2D eigenvalue weighted by molar-refractivity contribution is 0.307. The van der Waals surface area contributed by atoms with Crippen molar-refractivity contribution < 1.29 is 4.74 Å². The first-order valence-electron chi connectivity index (χ1n) is 7.78. The maximum absolute atomic E-state index is 8.95. The van der Waals surface area contributed by atoms with Crippen LogP contribution < -0.4 is 4.74 Å². The Balaban J connectivity index is 1.91. The maximum Gasteiger partial charge on any atom is 0.145 e. The summed E-state index contributed by atoms with van der Waals surface area (Å²) in [5, 5.41) is 9.96. The normalized spacial score (nSPS) is 10.5. The van der Waals surface area contributed by atoms with Crippen LogP contribution in [-0.2, 0) is 0 Å². The van der Waals surface area contributed by atoms with Gasteiger partial charge in [-0.2, -0.15) is 5.26 Å². The summed E-state index contributed by atoms with van der Waals surface area (Å²) in [5.74, 6) is 0.776. The van der Waals surface area contributed by atoms with Crippen LogP contribution in [0, 0.1) is 11.3 Å². The van der Waals surface area contributed by atoms with Crippen molar-refractivity contribution in [2.24, 2.45) is 0 Å². The molecule has 0 aliphatic carbocycles. The van der Waals surface area contributed by atoms with Gasteiger partial charge in [0, 0.05) is 5.39 Å². The van der Waals surface area contributed by atoms with Gasteiger partial charge in [-0.1, -0.05) is 51.2 Å². The molecule has 1 aromatic heterocycles. The van der Waals surface area contributed by atoms with E-state index < -0.39 is 0 Å². The smallest absolute Gasteiger partial charge is 0.145 e. The molecule has 0 unspecified atom stereocenters. The highest BCUT2D eigenvalue weighted by molar-refractivity contribution is 5.84. The lowest BCUT2D eigenvalue weighted by Crippen LogP contribution is -1.99. The molecule has 0 N–H and O–H groups in total. The molecule has 0 aliphatic rings. The minimum absolute atomic E-state index is 0.429. The Morgan fingerprint density at radius 3 is 2.67 bits per heavy atom. The molecule has 0 atom stereocenters. The van der Waals surface area contributed by atoms with E-state index in [1.807, 2.05) is 24.3 Å². The molecule has 1 aromatic carbocycles. The molecule has 0 saturated heterocycles. The number of para-hydroxylation sites is 1. The molecule has 2 aromatic rings. The van der Waals surface area contributed by atoms with Gasteiger partial charge in [0.15, 0.2) is 0 Å². The zero-order valence-corrected chi connectivity index (χ0v) is 12.6. The predicted molar refractivity (Wildman–Crippen MR) is 85.3 cm³/mol. The lowest BCUT2D eigenvalue weighted by Gasteiger charge is -2.08. The summed E-state index contributed by atoms with van der Waals surface area (Å²) in [4.78, 5) is 4.35. The standard InChI is InChI=1S/C18H22N2O/c1-2-3-4-5-6-7-13-21-17-10-8-9-15-11-12-16(14-19)20-18(15)17/h8-12H,2-7,13H2,1H3. The summed E-state index contributed by atoms with van der Waals surface area (Å²) in [6.45, 7) is 2.94. The van der Waals surface area contributed by atoms with Crippen LogP contribution in [0.5, 0.6) is 5.75 Å². The van der Waals surface area contributed by atoms with E-state index in [0.717, 1.165) is 23.1 Å². The molecule has 0 radical (unpaired) electrons. The molecule has 1 heterocycles. The number of nitriles is 1. The monoisotopic (exact) mass is 282 g/mol. The summed E-state index contributed by atoms with van der Waals surface area (Å²) in [7, 11) is 0. The van der Waals surface area contributed by atoms with Crippen LogP contribution in [0.25, 0.3) is 10.9 Å². The van der Waals surface area contributed by atoms with E-state index in [1.165, 1.54) is 32.1 Å². The SMILES string of the molecule is CCCCCCCCOc1cccc2ccc(C#N)nc12. The van der Waals surface area contributed by atoms with Crippen molar-refractivity contribution in [3.05, 3.63) is 36.0 Å². The number of pyridine rings is 1. The van der Waals surface area contributed by atoms with E-state index in [0.29, 0.717) is 12.3 Å². The molecule has 3 heteroatoms. The van der Waals surface area contributed by atoms with Crippen LogP contribution in [0.2, 0.25) is 0 Å². The van der Waals surface area contributed by atoms with E-state index in [2.05, 4.69) is 18.0 Å². The minimum atomic E-state index is 0.429. The Morgan fingerprint density at radius 1 is 1.05 bits per heavy atom. The topological polar surface area (TPSA) is 45.9 Å². The van der Waals surface area contributed by atoms with Crippen molar-refractivity contribution in [2.45, 2.75) is 45.4 Å². The van der Waals surface area contributed by atoms with Crippen molar-refractivity contribution >= 4 is 10.9 Å². The fourth-order valence-corrected chi connectivity index (χ4v) is 2.36. The van der Waals surface area contributed by atoms with Gasteiger partial charge in [0.25, 0.3) is 0 Å². The average Bonchev–Trinajstić information content (AvgIpc) is 2.53. The van der Waals surface area contributed by atoms with Gasteiger partial charge >= 0.3 is 0 Å². The highest BCUT2D eigenvalue weighted by Gasteiger charge is 2.04. The molecule has 2 rings (SSSR count). The molecule has 0 spiro atoms. The fraction of sp³-hybridized carbons (Fsp3) is 0.444. The van der Waals surface area contributed by atoms with E-state index in [-0.39, 0.29) is 0 Å². The number of rotatable bonds is 8. The second-order valence-corrected chi connectivity index (χ2v) is 5.25.